The number of carbonyl (C=O) groups is 1. The van der Waals surface area contributed by atoms with Crippen molar-refractivity contribution in [1.82, 2.24) is 9.55 Å². The maximum absolute atomic E-state index is 12.9. The van der Waals surface area contributed by atoms with Crippen molar-refractivity contribution >= 4 is 23.4 Å². The highest BCUT2D eigenvalue weighted by Crippen LogP contribution is 2.35. The Balaban J connectivity index is 1.85. The van der Waals surface area contributed by atoms with E-state index in [1.165, 1.54) is 11.8 Å². The lowest BCUT2D eigenvalue weighted by Crippen LogP contribution is -2.19. The van der Waals surface area contributed by atoms with E-state index in [0.717, 1.165) is 10.7 Å². The summed E-state index contributed by atoms with van der Waals surface area (Å²) in [6, 6.07) is 17.0. The summed E-state index contributed by atoms with van der Waals surface area (Å²) in [7, 11) is 3.52. The predicted octanol–water partition coefficient (Wildman–Crippen LogP) is 3.90. The van der Waals surface area contributed by atoms with Crippen LogP contribution in [0.1, 0.15) is 10.8 Å². The van der Waals surface area contributed by atoms with E-state index in [4.69, 9.17) is 4.74 Å². The van der Waals surface area contributed by atoms with Crippen LogP contribution >= 0.6 is 11.8 Å². The maximum Gasteiger partial charge on any atom is 0.242 e. The van der Waals surface area contributed by atoms with Gasteiger partial charge in [-0.1, -0.05) is 48.2 Å². The lowest BCUT2D eigenvalue weighted by molar-refractivity contribution is -0.115. The number of nitrogens with one attached hydrogen (secondary N) is 1. The Morgan fingerprint density at radius 1 is 1.20 bits per heavy atom. The Hall–Kier alpha value is -2.73. The molecule has 0 aliphatic rings. The van der Waals surface area contributed by atoms with Gasteiger partial charge in [0.2, 0.25) is 5.91 Å². The van der Waals surface area contributed by atoms with E-state index in [1.807, 2.05) is 66.3 Å². The number of nitrogens with zero attached hydrogens (tertiary/aromatic N) is 2. The summed E-state index contributed by atoms with van der Waals surface area (Å²) in [6.45, 7) is 0. The van der Waals surface area contributed by atoms with E-state index in [0.29, 0.717) is 11.4 Å². The van der Waals surface area contributed by atoms with E-state index >= 15 is 0 Å². The van der Waals surface area contributed by atoms with E-state index in [1.54, 1.807) is 19.4 Å². The third kappa shape index (κ3) is 4.22. The summed E-state index contributed by atoms with van der Waals surface area (Å²) in [5.74, 6) is 0.596. The average Bonchev–Trinajstić information content (AvgIpc) is 3.05. The van der Waals surface area contributed by atoms with Gasteiger partial charge in [-0.15, -0.1) is 0 Å². The fourth-order valence-corrected chi connectivity index (χ4v) is 3.40. The van der Waals surface area contributed by atoms with Crippen LogP contribution in [0.5, 0.6) is 5.75 Å². The van der Waals surface area contributed by atoms with Gasteiger partial charge in [-0.05, 0) is 17.7 Å². The van der Waals surface area contributed by atoms with Gasteiger partial charge in [-0.25, -0.2) is 4.98 Å². The number of amides is 1. The molecule has 1 unspecified atom stereocenters. The van der Waals surface area contributed by atoms with Crippen LogP contribution in [0, 0.1) is 0 Å². The first-order valence-corrected chi connectivity index (χ1v) is 8.69. The second kappa shape index (κ2) is 7.90. The lowest BCUT2D eigenvalue weighted by atomic mass is 10.1. The summed E-state index contributed by atoms with van der Waals surface area (Å²) in [5, 5.41) is 3.35. The zero-order valence-corrected chi connectivity index (χ0v) is 14.9. The number of ether oxygens (including phenoxy) is 1. The van der Waals surface area contributed by atoms with Crippen molar-refractivity contribution in [2.24, 2.45) is 7.05 Å². The summed E-state index contributed by atoms with van der Waals surface area (Å²) < 4.78 is 7.11. The van der Waals surface area contributed by atoms with Gasteiger partial charge in [-0.2, -0.15) is 0 Å². The first-order chi connectivity index (χ1) is 12.2. The Morgan fingerprint density at radius 3 is 2.68 bits per heavy atom. The fourth-order valence-electron chi connectivity index (χ4n) is 2.38. The van der Waals surface area contributed by atoms with Crippen molar-refractivity contribution in [2.45, 2.75) is 10.4 Å². The van der Waals surface area contributed by atoms with E-state index in [-0.39, 0.29) is 5.91 Å². The molecular formula is C19H19N3O2S. The van der Waals surface area contributed by atoms with E-state index < -0.39 is 5.25 Å². The summed E-state index contributed by atoms with van der Waals surface area (Å²) >= 11 is 1.42. The number of carbonyl (C=O) groups excluding carboxylic acids is 1. The second-order valence-electron chi connectivity index (χ2n) is 5.45. The molecule has 1 amide bonds. The first kappa shape index (κ1) is 17.1. The van der Waals surface area contributed by atoms with E-state index in [2.05, 4.69) is 10.3 Å². The summed E-state index contributed by atoms with van der Waals surface area (Å²) in [6.07, 6.45) is 3.59. The van der Waals surface area contributed by atoms with Crippen molar-refractivity contribution in [3.63, 3.8) is 0 Å². The highest BCUT2D eigenvalue weighted by molar-refractivity contribution is 8.00. The quantitative estimate of drug-likeness (QED) is 0.683. The van der Waals surface area contributed by atoms with Gasteiger partial charge in [0, 0.05) is 31.2 Å². The van der Waals surface area contributed by atoms with Gasteiger partial charge >= 0.3 is 0 Å². The normalized spacial score (nSPS) is 11.8. The van der Waals surface area contributed by atoms with Gasteiger partial charge in [0.05, 0.1) is 7.11 Å². The Kier molecular flexibility index (Phi) is 5.40. The molecule has 3 aromatic rings. The molecule has 1 aromatic heterocycles. The van der Waals surface area contributed by atoms with Gasteiger partial charge < -0.3 is 14.6 Å². The number of benzene rings is 2. The number of hydrogen-bond donors (Lipinski definition) is 1. The smallest absolute Gasteiger partial charge is 0.242 e. The number of methoxy groups -OCH3 is 1. The standard InChI is InChI=1S/C19H19N3O2S/c1-22-12-11-20-19(22)25-17(14-7-4-3-5-8-14)18(23)21-15-9-6-10-16(13-15)24-2/h3-13,17H,1-2H3,(H,21,23). The molecule has 0 radical (unpaired) electrons. The predicted molar refractivity (Wildman–Crippen MR) is 99.9 cm³/mol. The minimum atomic E-state index is -0.409. The second-order valence-corrected chi connectivity index (χ2v) is 6.52. The van der Waals surface area contributed by atoms with Crippen LogP contribution in [0.25, 0.3) is 0 Å². The number of hydrogen-bond acceptors (Lipinski definition) is 4. The molecule has 5 nitrogen and oxygen atoms in total. The number of imidazole rings is 1. The molecule has 0 spiro atoms. The molecule has 2 aromatic carbocycles. The summed E-state index contributed by atoms with van der Waals surface area (Å²) in [5.41, 5.74) is 1.63. The molecule has 6 heteroatoms. The Labute approximate surface area is 151 Å². The highest BCUT2D eigenvalue weighted by atomic mass is 32.2. The molecule has 1 heterocycles. The zero-order chi connectivity index (χ0) is 17.6. The number of thioether (sulfide) groups is 1. The maximum atomic E-state index is 12.9. The molecule has 25 heavy (non-hydrogen) atoms. The molecule has 0 aliphatic carbocycles. The van der Waals surface area contributed by atoms with Crippen molar-refractivity contribution in [3.05, 3.63) is 72.6 Å². The third-order valence-electron chi connectivity index (χ3n) is 3.68. The largest absolute Gasteiger partial charge is 0.497 e. The minimum absolute atomic E-state index is 0.104. The van der Waals surface area contributed by atoms with Crippen molar-refractivity contribution in [1.29, 1.82) is 0 Å². The van der Waals surface area contributed by atoms with Crippen LogP contribution in [0.4, 0.5) is 5.69 Å². The molecule has 1 N–H and O–H groups in total. The molecular weight excluding hydrogens is 334 g/mol. The Morgan fingerprint density at radius 2 is 2.00 bits per heavy atom. The molecule has 0 bridgehead atoms. The molecule has 0 saturated heterocycles. The molecule has 1 atom stereocenters. The lowest BCUT2D eigenvalue weighted by Gasteiger charge is -2.17. The first-order valence-electron chi connectivity index (χ1n) is 7.81. The van der Waals surface area contributed by atoms with Crippen molar-refractivity contribution < 1.29 is 9.53 Å². The summed E-state index contributed by atoms with van der Waals surface area (Å²) in [4.78, 5) is 17.3. The molecule has 0 aliphatic heterocycles. The minimum Gasteiger partial charge on any atom is -0.497 e. The molecule has 3 rings (SSSR count). The number of rotatable bonds is 6. The van der Waals surface area contributed by atoms with Crippen LogP contribution in [0.2, 0.25) is 0 Å². The number of aromatic nitrogens is 2. The van der Waals surface area contributed by atoms with Crippen LogP contribution in [-0.2, 0) is 11.8 Å². The number of aryl methyl sites for hydroxylation is 1. The van der Waals surface area contributed by atoms with Crippen molar-refractivity contribution in [2.75, 3.05) is 12.4 Å². The van der Waals surface area contributed by atoms with Gasteiger partial charge in [0.15, 0.2) is 5.16 Å². The Bertz CT molecular complexity index is 849. The van der Waals surface area contributed by atoms with Crippen LogP contribution in [0.3, 0.4) is 0 Å². The zero-order valence-electron chi connectivity index (χ0n) is 14.0. The monoisotopic (exact) mass is 353 g/mol. The van der Waals surface area contributed by atoms with Gasteiger partial charge in [-0.3, -0.25) is 4.79 Å². The SMILES string of the molecule is COc1cccc(NC(=O)C(Sc2nccn2C)c2ccccc2)c1. The van der Waals surface area contributed by atoms with Crippen molar-refractivity contribution in [3.8, 4) is 5.75 Å². The molecule has 128 valence electrons. The molecule has 0 fully saturated rings. The number of anilines is 1. The van der Waals surface area contributed by atoms with E-state index in [9.17, 15) is 4.79 Å². The van der Waals surface area contributed by atoms with Gasteiger partial charge in [0.25, 0.3) is 0 Å². The molecule has 0 saturated carbocycles. The van der Waals surface area contributed by atoms with Gasteiger partial charge in [0.1, 0.15) is 11.0 Å². The highest BCUT2D eigenvalue weighted by Gasteiger charge is 2.24. The topological polar surface area (TPSA) is 56.1 Å². The van der Waals surface area contributed by atoms with Crippen LogP contribution in [-0.4, -0.2) is 22.6 Å². The van der Waals surface area contributed by atoms with Crippen LogP contribution in [0.15, 0.2) is 72.1 Å². The third-order valence-corrected chi connectivity index (χ3v) is 5.00. The fraction of sp³-hybridized carbons (Fsp3) is 0.158. The average molecular weight is 353 g/mol. The van der Waals surface area contributed by atoms with Crippen LogP contribution < -0.4 is 10.1 Å².